The minimum absolute atomic E-state index is 0.335. The fraction of sp³-hybridized carbons (Fsp3) is 0.214. The molecule has 2 aromatic rings. The van der Waals surface area contributed by atoms with E-state index in [4.69, 9.17) is 10.00 Å². The van der Waals surface area contributed by atoms with Crippen molar-refractivity contribution in [2.45, 2.75) is 13.3 Å². The third kappa shape index (κ3) is 2.99. The van der Waals surface area contributed by atoms with Crippen LogP contribution in [-0.2, 0) is 6.42 Å². The van der Waals surface area contributed by atoms with Gasteiger partial charge in [-0.1, -0.05) is 6.92 Å². The van der Waals surface area contributed by atoms with Crippen LogP contribution in [0.5, 0.6) is 5.75 Å². The van der Waals surface area contributed by atoms with Crippen LogP contribution in [0.2, 0.25) is 0 Å². The van der Waals surface area contributed by atoms with Gasteiger partial charge >= 0.3 is 0 Å². The normalized spacial score (nSPS) is 9.74. The molecule has 0 spiro atoms. The van der Waals surface area contributed by atoms with E-state index in [-0.39, 0.29) is 0 Å². The number of methoxy groups -OCH3 is 1. The smallest absolute Gasteiger partial charge is 0.145 e. The summed E-state index contributed by atoms with van der Waals surface area (Å²) in [5.74, 6) is 1.47. The number of benzene rings is 1. The number of hydrogen-bond donors (Lipinski definition) is 1. The molecule has 1 aromatic heterocycles. The first-order chi connectivity index (χ1) is 9.26. The van der Waals surface area contributed by atoms with E-state index in [9.17, 15) is 0 Å². The predicted molar refractivity (Wildman–Crippen MR) is 72.4 cm³/mol. The first kappa shape index (κ1) is 12.8. The maximum absolute atomic E-state index is 8.79. The summed E-state index contributed by atoms with van der Waals surface area (Å²) in [6.45, 7) is 2.07. The van der Waals surface area contributed by atoms with Crippen LogP contribution in [0, 0.1) is 11.3 Å². The van der Waals surface area contributed by atoms with E-state index in [0.29, 0.717) is 11.5 Å². The Morgan fingerprint density at radius 3 is 2.84 bits per heavy atom. The van der Waals surface area contributed by atoms with Crippen molar-refractivity contribution in [1.29, 1.82) is 5.26 Å². The third-order valence-corrected chi connectivity index (χ3v) is 2.72. The molecule has 0 atom stereocenters. The lowest BCUT2D eigenvalue weighted by molar-refractivity contribution is 0.410. The van der Waals surface area contributed by atoms with Gasteiger partial charge in [-0.2, -0.15) is 5.26 Å². The van der Waals surface area contributed by atoms with Crippen LogP contribution in [0.3, 0.4) is 0 Å². The summed E-state index contributed by atoms with van der Waals surface area (Å²) in [4.78, 5) is 7.90. The minimum atomic E-state index is 0.335. The van der Waals surface area contributed by atoms with Gasteiger partial charge < -0.3 is 10.1 Å². The zero-order valence-electron chi connectivity index (χ0n) is 10.8. The molecule has 0 unspecified atom stereocenters. The Bertz CT molecular complexity index is 619. The van der Waals surface area contributed by atoms with Crippen molar-refractivity contribution in [2.24, 2.45) is 0 Å². The maximum atomic E-state index is 8.79. The number of hydrogen-bond acceptors (Lipinski definition) is 5. The fourth-order valence-corrected chi connectivity index (χ4v) is 1.77. The van der Waals surface area contributed by atoms with E-state index in [1.165, 1.54) is 6.33 Å². The largest absolute Gasteiger partial charge is 0.496 e. The second-order valence-electron chi connectivity index (χ2n) is 3.91. The Balaban J connectivity index is 2.26. The van der Waals surface area contributed by atoms with Crippen molar-refractivity contribution in [2.75, 3.05) is 12.4 Å². The van der Waals surface area contributed by atoms with Gasteiger partial charge in [0, 0.05) is 11.8 Å². The Hall–Kier alpha value is -2.61. The lowest BCUT2D eigenvalue weighted by Gasteiger charge is -2.10. The maximum Gasteiger partial charge on any atom is 0.145 e. The van der Waals surface area contributed by atoms with Gasteiger partial charge in [0.2, 0.25) is 0 Å². The van der Waals surface area contributed by atoms with Gasteiger partial charge in [0.25, 0.3) is 0 Å². The quantitative estimate of drug-likeness (QED) is 0.908. The van der Waals surface area contributed by atoms with Gasteiger partial charge in [-0.3, -0.25) is 0 Å². The topological polar surface area (TPSA) is 70.8 Å². The van der Waals surface area contributed by atoms with Crippen LogP contribution in [0.1, 0.15) is 18.2 Å². The monoisotopic (exact) mass is 254 g/mol. The molecule has 5 heteroatoms. The second kappa shape index (κ2) is 5.83. The molecule has 0 radical (unpaired) electrons. The molecule has 1 N–H and O–H groups in total. The van der Waals surface area contributed by atoms with Gasteiger partial charge in [0.1, 0.15) is 29.7 Å². The molecule has 0 saturated heterocycles. The Morgan fingerprint density at radius 2 is 2.16 bits per heavy atom. The highest BCUT2D eigenvalue weighted by Crippen LogP contribution is 2.24. The summed E-state index contributed by atoms with van der Waals surface area (Å²) in [6.07, 6.45) is 2.25. The number of nitrogens with zero attached hydrogens (tertiary/aromatic N) is 3. The molecule has 2 rings (SSSR count). The van der Waals surface area contributed by atoms with Crippen molar-refractivity contribution < 1.29 is 4.74 Å². The van der Waals surface area contributed by atoms with E-state index < -0.39 is 0 Å². The fourth-order valence-electron chi connectivity index (χ4n) is 1.77. The highest BCUT2D eigenvalue weighted by atomic mass is 16.5. The minimum Gasteiger partial charge on any atom is -0.496 e. The van der Waals surface area contributed by atoms with Crippen LogP contribution in [0.25, 0.3) is 0 Å². The van der Waals surface area contributed by atoms with Crippen molar-refractivity contribution in [1.82, 2.24) is 9.97 Å². The zero-order chi connectivity index (χ0) is 13.7. The molecular formula is C14H14N4O. The SMILES string of the molecule is CCc1cc(Nc2cc(C#N)ncn2)ccc1OC. The van der Waals surface area contributed by atoms with Crippen LogP contribution >= 0.6 is 0 Å². The molecule has 0 amide bonds. The standard InChI is InChI=1S/C14H14N4O/c1-3-10-6-11(4-5-13(10)19-2)18-14-7-12(8-15)16-9-17-14/h4-7,9H,3H2,1-2H3,(H,16,17,18). The molecule has 1 aromatic carbocycles. The summed E-state index contributed by atoms with van der Waals surface area (Å²) >= 11 is 0. The number of anilines is 2. The van der Waals surface area contributed by atoms with E-state index in [1.807, 2.05) is 24.3 Å². The molecule has 96 valence electrons. The molecule has 0 aliphatic heterocycles. The number of aryl methyl sites for hydroxylation is 1. The molecule has 19 heavy (non-hydrogen) atoms. The Morgan fingerprint density at radius 1 is 1.32 bits per heavy atom. The van der Waals surface area contributed by atoms with Gasteiger partial charge in [-0.05, 0) is 30.2 Å². The summed E-state index contributed by atoms with van der Waals surface area (Å²) in [7, 11) is 1.66. The van der Waals surface area contributed by atoms with E-state index in [2.05, 4.69) is 22.2 Å². The highest BCUT2D eigenvalue weighted by molar-refractivity contribution is 5.59. The Labute approximate surface area is 111 Å². The number of rotatable bonds is 4. The van der Waals surface area contributed by atoms with Crippen molar-refractivity contribution in [3.63, 3.8) is 0 Å². The average Bonchev–Trinajstić information content (AvgIpc) is 2.47. The summed E-state index contributed by atoms with van der Waals surface area (Å²) in [6, 6.07) is 9.42. The molecule has 0 bridgehead atoms. The first-order valence-corrected chi connectivity index (χ1v) is 5.93. The summed E-state index contributed by atoms with van der Waals surface area (Å²) in [5.41, 5.74) is 2.35. The van der Waals surface area contributed by atoms with Gasteiger partial charge in [-0.25, -0.2) is 9.97 Å². The van der Waals surface area contributed by atoms with E-state index in [1.54, 1.807) is 13.2 Å². The number of ether oxygens (including phenoxy) is 1. The zero-order valence-corrected chi connectivity index (χ0v) is 10.8. The molecule has 0 saturated carbocycles. The van der Waals surface area contributed by atoms with Crippen LogP contribution in [0.15, 0.2) is 30.6 Å². The molecule has 1 heterocycles. The van der Waals surface area contributed by atoms with Crippen molar-refractivity contribution in [3.8, 4) is 11.8 Å². The van der Waals surface area contributed by atoms with Crippen LogP contribution in [0.4, 0.5) is 11.5 Å². The molecule has 0 aliphatic carbocycles. The number of aromatic nitrogens is 2. The third-order valence-electron chi connectivity index (χ3n) is 2.72. The molecule has 5 nitrogen and oxygen atoms in total. The first-order valence-electron chi connectivity index (χ1n) is 5.93. The molecular weight excluding hydrogens is 240 g/mol. The van der Waals surface area contributed by atoms with Gasteiger partial charge in [0.05, 0.1) is 7.11 Å². The summed E-state index contributed by atoms with van der Waals surface area (Å²) in [5, 5.41) is 11.9. The predicted octanol–water partition coefficient (Wildman–Crippen LogP) is 2.66. The molecule has 0 aliphatic rings. The van der Waals surface area contributed by atoms with Crippen molar-refractivity contribution in [3.05, 3.63) is 41.9 Å². The van der Waals surface area contributed by atoms with E-state index in [0.717, 1.165) is 23.4 Å². The lowest BCUT2D eigenvalue weighted by Crippen LogP contribution is -1.97. The lowest BCUT2D eigenvalue weighted by atomic mass is 10.1. The van der Waals surface area contributed by atoms with Crippen LogP contribution in [-0.4, -0.2) is 17.1 Å². The number of nitrogens with one attached hydrogen (secondary N) is 1. The summed E-state index contributed by atoms with van der Waals surface area (Å²) < 4.78 is 5.28. The number of nitriles is 1. The van der Waals surface area contributed by atoms with Crippen LogP contribution < -0.4 is 10.1 Å². The van der Waals surface area contributed by atoms with Crippen molar-refractivity contribution >= 4 is 11.5 Å². The highest BCUT2D eigenvalue weighted by Gasteiger charge is 2.04. The average molecular weight is 254 g/mol. The molecule has 0 fully saturated rings. The Kier molecular flexibility index (Phi) is 3.94. The van der Waals surface area contributed by atoms with Gasteiger partial charge in [0.15, 0.2) is 0 Å². The van der Waals surface area contributed by atoms with Gasteiger partial charge in [-0.15, -0.1) is 0 Å². The second-order valence-corrected chi connectivity index (χ2v) is 3.91. The van der Waals surface area contributed by atoms with E-state index >= 15 is 0 Å².